The summed E-state index contributed by atoms with van der Waals surface area (Å²) in [5.74, 6) is 0.495. The molecule has 1 aliphatic heterocycles. The lowest BCUT2D eigenvalue weighted by atomic mass is 9.79. The van der Waals surface area contributed by atoms with E-state index >= 15 is 0 Å². The van der Waals surface area contributed by atoms with Gasteiger partial charge in [-0.1, -0.05) is 23.7 Å². The Bertz CT molecular complexity index is 959. The smallest absolute Gasteiger partial charge is 0.237 e. The van der Waals surface area contributed by atoms with E-state index in [0.717, 1.165) is 27.2 Å². The molecule has 2 aromatic carbocycles. The minimum Gasteiger partial charge on any atom is -0.497 e. The first-order chi connectivity index (χ1) is 13.1. The van der Waals surface area contributed by atoms with Crippen molar-refractivity contribution in [2.24, 2.45) is 0 Å². The van der Waals surface area contributed by atoms with Crippen LogP contribution < -0.4 is 9.64 Å². The summed E-state index contributed by atoms with van der Waals surface area (Å²) in [6, 6.07) is 18.6. The first-order valence-corrected chi connectivity index (χ1v) is 9.59. The molecule has 0 bridgehead atoms. The zero-order chi connectivity index (χ0) is 19.0. The van der Waals surface area contributed by atoms with Crippen LogP contribution in [-0.4, -0.2) is 18.0 Å². The summed E-state index contributed by atoms with van der Waals surface area (Å²) in [7, 11) is 1.62. The zero-order valence-corrected chi connectivity index (χ0v) is 16.8. The van der Waals surface area contributed by atoms with E-state index in [4.69, 9.17) is 16.3 Å². The maximum absolute atomic E-state index is 13.1. The lowest BCUT2D eigenvalue weighted by Crippen LogP contribution is -2.54. The first-order valence-electron chi connectivity index (χ1n) is 8.42. The third-order valence-corrected chi connectivity index (χ3v) is 5.45. The fourth-order valence-corrected chi connectivity index (χ4v) is 3.74. The molecule has 4 nitrogen and oxygen atoms in total. The van der Waals surface area contributed by atoms with Gasteiger partial charge in [-0.15, -0.1) is 0 Å². The van der Waals surface area contributed by atoms with Gasteiger partial charge in [-0.3, -0.25) is 9.78 Å². The molecule has 2 heterocycles. The Morgan fingerprint density at radius 1 is 1.04 bits per heavy atom. The molecule has 1 aromatic heterocycles. The van der Waals surface area contributed by atoms with E-state index < -0.39 is 0 Å². The Kier molecular flexibility index (Phi) is 4.89. The SMILES string of the molecule is COc1ccc(N2C(=O)C(c3ccc(Cl)cc3)C2c2ccc(Br)cn2)cc1. The van der Waals surface area contributed by atoms with Gasteiger partial charge in [-0.25, -0.2) is 0 Å². The molecular formula is C21H16BrClN2O2. The van der Waals surface area contributed by atoms with E-state index in [1.165, 1.54) is 0 Å². The molecule has 0 saturated carbocycles. The van der Waals surface area contributed by atoms with E-state index in [9.17, 15) is 4.79 Å². The van der Waals surface area contributed by atoms with E-state index in [1.54, 1.807) is 18.2 Å². The number of rotatable bonds is 4. The summed E-state index contributed by atoms with van der Waals surface area (Å²) in [6.45, 7) is 0. The van der Waals surface area contributed by atoms with Crippen molar-refractivity contribution < 1.29 is 9.53 Å². The number of aromatic nitrogens is 1. The number of ether oxygens (including phenoxy) is 1. The lowest BCUT2D eigenvalue weighted by molar-refractivity contribution is -0.126. The summed E-state index contributed by atoms with van der Waals surface area (Å²) >= 11 is 9.43. The number of pyridine rings is 1. The van der Waals surface area contributed by atoms with Crippen LogP contribution >= 0.6 is 27.5 Å². The molecule has 0 radical (unpaired) electrons. The number of amides is 1. The molecule has 1 aliphatic rings. The molecule has 0 aliphatic carbocycles. The van der Waals surface area contributed by atoms with Crippen molar-refractivity contribution in [3.05, 3.63) is 87.6 Å². The summed E-state index contributed by atoms with van der Waals surface area (Å²) < 4.78 is 6.12. The molecule has 1 amide bonds. The Labute approximate surface area is 170 Å². The number of carbonyl (C=O) groups is 1. The molecule has 3 aromatic rings. The highest BCUT2D eigenvalue weighted by atomic mass is 79.9. The van der Waals surface area contributed by atoms with Gasteiger partial charge in [0.05, 0.1) is 24.8 Å². The van der Waals surface area contributed by atoms with Crippen LogP contribution in [0.1, 0.15) is 23.2 Å². The van der Waals surface area contributed by atoms with Crippen molar-refractivity contribution in [1.82, 2.24) is 4.98 Å². The number of hydrogen-bond donors (Lipinski definition) is 0. The van der Waals surface area contributed by atoms with Crippen LogP contribution in [0.2, 0.25) is 5.02 Å². The highest BCUT2D eigenvalue weighted by Crippen LogP contribution is 2.48. The topological polar surface area (TPSA) is 42.4 Å². The maximum atomic E-state index is 13.1. The summed E-state index contributed by atoms with van der Waals surface area (Å²) in [4.78, 5) is 19.4. The number of anilines is 1. The summed E-state index contributed by atoms with van der Waals surface area (Å²) in [6.07, 6.45) is 1.75. The largest absolute Gasteiger partial charge is 0.497 e. The van der Waals surface area contributed by atoms with Crippen molar-refractivity contribution in [3.8, 4) is 5.75 Å². The molecule has 6 heteroatoms. The average molecular weight is 444 g/mol. The minimum atomic E-state index is -0.293. The summed E-state index contributed by atoms with van der Waals surface area (Å²) in [5.41, 5.74) is 2.60. The predicted octanol–water partition coefficient (Wildman–Crippen LogP) is 5.38. The van der Waals surface area contributed by atoms with Crippen molar-refractivity contribution in [2.45, 2.75) is 12.0 Å². The molecule has 2 atom stereocenters. The highest BCUT2D eigenvalue weighted by molar-refractivity contribution is 9.10. The Balaban J connectivity index is 1.74. The van der Waals surface area contributed by atoms with Gasteiger partial charge in [-0.05, 0) is 70.0 Å². The van der Waals surface area contributed by atoms with Gasteiger partial charge in [0.2, 0.25) is 5.91 Å². The second kappa shape index (κ2) is 7.33. The van der Waals surface area contributed by atoms with E-state index in [1.807, 2.05) is 60.7 Å². The number of halogens is 2. The third-order valence-electron chi connectivity index (χ3n) is 4.73. The van der Waals surface area contributed by atoms with Gasteiger partial charge in [0, 0.05) is 21.4 Å². The van der Waals surface area contributed by atoms with Crippen molar-refractivity contribution in [3.63, 3.8) is 0 Å². The zero-order valence-electron chi connectivity index (χ0n) is 14.5. The monoisotopic (exact) mass is 442 g/mol. The van der Waals surface area contributed by atoms with Crippen LogP contribution in [0, 0.1) is 0 Å². The number of carbonyl (C=O) groups excluding carboxylic acids is 1. The lowest BCUT2D eigenvalue weighted by Gasteiger charge is -2.47. The molecule has 1 fully saturated rings. The maximum Gasteiger partial charge on any atom is 0.237 e. The quantitative estimate of drug-likeness (QED) is 0.509. The molecule has 136 valence electrons. The molecule has 27 heavy (non-hydrogen) atoms. The van der Waals surface area contributed by atoms with Crippen molar-refractivity contribution in [1.29, 1.82) is 0 Å². The van der Waals surface area contributed by atoms with E-state index in [2.05, 4.69) is 20.9 Å². The number of nitrogens with zero attached hydrogens (tertiary/aromatic N) is 2. The standard InChI is InChI=1S/C21H16BrClN2O2/c1-27-17-9-7-16(8-10-17)25-20(18-11-4-14(22)12-24-18)19(21(25)26)13-2-5-15(23)6-3-13/h2-12,19-20H,1H3. The predicted molar refractivity (Wildman–Crippen MR) is 109 cm³/mol. The van der Waals surface area contributed by atoms with Gasteiger partial charge in [0.1, 0.15) is 5.75 Å². The molecule has 2 unspecified atom stereocenters. The van der Waals surface area contributed by atoms with Gasteiger partial charge >= 0.3 is 0 Å². The number of β-lactam (4-membered cyclic amide) rings is 1. The Hall–Kier alpha value is -2.37. The van der Waals surface area contributed by atoms with Crippen LogP contribution in [0.25, 0.3) is 0 Å². The number of benzene rings is 2. The average Bonchev–Trinajstić information content (AvgIpc) is 2.69. The third kappa shape index (κ3) is 3.33. The number of hydrogen-bond acceptors (Lipinski definition) is 3. The minimum absolute atomic E-state index is 0.0391. The fraction of sp³-hybridized carbons (Fsp3) is 0.143. The highest BCUT2D eigenvalue weighted by Gasteiger charge is 2.50. The van der Waals surface area contributed by atoms with Crippen LogP contribution in [0.15, 0.2) is 71.3 Å². The summed E-state index contributed by atoms with van der Waals surface area (Å²) in [5, 5.41) is 0.649. The second-order valence-electron chi connectivity index (χ2n) is 6.28. The Morgan fingerprint density at radius 3 is 2.33 bits per heavy atom. The van der Waals surface area contributed by atoms with Crippen LogP contribution in [0.4, 0.5) is 5.69 Å². The van der Waals surface area contributed by atoms with Gasteiger partial charge in [0.15, 0.2) is 0 Å². The van der Waals surface area contributed by atoms with Crippen molar-refractivity contribution in [2.75, 3.05) is 12.0 Å². The van der Waals surface area contributed by atoms with Crippen LogP contribution in [-0.2, 0) is 4.79 Å². The fourth-order valence-electron chi connectivity index (χ4n) is 3.38. The van der Waals surface area contributed by atoms with Gasteiger partial charge in [0.25, 0.3) is 0 Å². The van der Waals surface area contributed by atoms with Gasteiger partial charge in [-0.2, -0.15) is 0 Å². The van der Waals surface area contributed by atoms with Crippen molar-refractivity contribution >= 4 is 39.1 Å². The molecular weight excluding hydrogens is 428 g/mol. The molecule has 1 saturated heterocycles. The molecule has 0 N–H and O–H groups in total. The Morgan fingerprint density at radius 2 is 1.74 bits per heavy atom. The van der Waals surface area contributed by atoms with Crippen LogP contribution in [0.5, 0.6) is 5.75 Å². The van der Waals surface area contributed by atoms with E-state index in [-0.39, 0.29) is 17.9 Å². The normalized spacial score (nSPS) is 18.9. The molecule has 0 spiro atoms. The molecule has 4 rings (SSSR count). The second-order valence-corrected chi connectivity index (χ2v) is 7.63. The number of methoxy groups -OCH3 is 1. The van der Waals surface area contributed by atoms with E-state index in [0.29, 0.717) is 5.02 Å². The first kappa shape index (κ1) is 18.0. The van der Waals surface area contributed by atoms with Crippen LogP contribution in [0.3, 0.4) is 0 Å². The van der Waals surface area contributed by atoms with Gasteiger partial charge < -0.3 is 9.64 Å².